The van der Waals surface area contributed by atoms with Crippen molar-refractivity contribution in [1.29, 1.82) is 0 Å². The summed E-state index contributed by atoms with van der Waals surface area (Å²) in [7, 11) is 2.94. The second kappa shape index (κ2) is 12.0. The summed E-state index contributed by atoms with van der Waals surface area (Å²) in [5.41, 5.74) is 0.460. The normalized spacial score (nSPS) is 19.1. The number of fused-ring (bicyclic) bond motifs is 2. The molecule has 1 aromatic heterocycles. The minimum absolute atomic E-state index is 0.294. The van der Waals surface area contributed by atoms with Gasteiger partial charge in [-0.3, -0.25) is 23.7 Å². The van der Waals surface area contributed by atoms with Crippen molar-refractivity contribution in [2.24, 2.45) is 5.92 Å². The van der Waals surface area contributed by atoms with Crippen molar-refractivity contribution in [3.8, 4) is 11.5 Å². The predicted octanol–water partition coefficient (Wildman–Crippen LogP) is 5.69. The predicted molar refractivity (Wildman–Crippen MR) is 167 cm³/mol. The van der Waals surface area contributed by atoms with Gasteiger partial charge in [-0.25, -0.2) is 4.90 Å². The molecule has 2 aliphatic heterocycles. The van der Waals surface area contributed by atoms with Gasteiger partial charge in [0.15, 0.2) is 11.5 Å². The fourth-order valence-corrected chi connectivity index (χ4v) is 8.55. The molecule has 1 saturated heterocycles. The van der Waals surface area contributed by atoms with Gasteiger partial charge in [0.05, 0.1) is 42.1 Å². The van der Waals surface area contributed by atoms with Crippen molar-refractivity contribution in [1.82, 2.24) is 4.57 Å². The van der Waals surface area contributed by atoms with E-state index in [4.69, 9.17) is 9.47 Å². The van der Waals surface area contributed by atoms with E-state index in [1.54, 1.807) is 42.5 Å². The Balaban J connectivity index is 1.43. The van der Waals surface area contributed by atoms with E-state index in [0.29, 0.717) is 32.7 Å². The fourth-order valence-electron chi connectivity index (χ4n) is 5.78. The van der Waals surface area contributed by atoms with E-state index in [-0.39, 0.29) is 0 Å². The van der Waals surface area contributed by atoms with Gasteiger partial charge in [-0.1, -0.05) is 59.0 Å². The number of aromatic nitrogens is 1. The summed E-state index contributed by atoms with van der Waals surface area (Å²) >= 11 is 1.83. The Morgan fingerprint density at radius 1 is 0.935 bits per heavy atom. The summed E-state index contributed by atoms with van der Waals surface area (Å²) in [6, 6.07) is 16.6. The van der Waals surface area contributed by atoms with Crippen molar-refractivity contribution in [2.75, 3.05) is 24.4 Å². The van der Waals surface area contributed by atoms with Gasteiger partial charge in [0.25, 0.3) is 0 Å². The molecule has 2 aliphatic rings. The molecule has 0 aliphatic carbocycles. The van der Waals surface area contributed by atoms with E-state index in [9.17, 15) is 32.3 Å². The number of benzene rings is 3. The maximum absolute atomic E-state index is 14.1. The number of hydrogen-bond donors (Lipinski definition) is 1. The van der Waals surface area contributed by atoms with Crippen molar-refractivity contribution in [3.63, 3.8) is 0 Å². The highest BCUT2D eigenvalue weighted by molar-refractivity contribution is 8.00. The van der Waals surface area contributed by atoms with Crippen LogP contribution >= 0.6 is 23.1 Å². The highest BCUT2D eigenvalue weighted by atomic mass is 32.2. The van der Waals surface area contributed by atoms with Crippen LogP contribution in [0.25, 0.3) is 0 Å². The minimum atomic E-state index is -4.71. The molecular formula is C32H26F3N3O6S2. The largest absolute Gasteiger partial charge is 0.493 e. The molecule has 1 fully saturated rings. The lowest BCUT2D eigenvalue weighted by molar-refractivity contribution is -0.137. The van der Waals surface area contributed by atoms with Gasteiger partial charge in [-0.15, -0.1) is 0 Å². The van der Waals surface area contributed by atoms with Gasteiger partial charge in [-0.2, -0.15) is 13.2 Å². The average Bonchev–Trinajstić information content (AvgIpc) is 3.47. The molecule has 0 saturated carbocycles. The number of para-hydroxylation sites is 1. The molecule has 6 rings (SSSR count). The van der Waals surface area contributed by atoms with Crippen LogP contribution in [0.1, 0.15) is 27.5 Å². The van der Waals surface area contributed by atoms with E-state index in [2.05, 4.69) is 5.32 Å². The monoisotopic (exact) mass is 669 g/mol. The number of carbonyl (C=O) groups excluding carboxylic acids is 3. The number of hydrogen-bond acceptors (Lipinski definition) is 8. The number of halogens is 3. The van der Waals surface area contributed by atoms with Crippen LogP contribution in [-0.2, 0) is 27.1 Å². The summed E-state index contributed by atoms with van der Waals surface area (Å²) in [5.74, 6) is -2.65. The van der Waals surface area contributed by atoms with Gasteiger partial charge < -0.3 is 14.8 Å². The zero-order valence-electron chi connectivity index (χ0n) is 24.6. The number of anilines is 2. The highest BCUT2D eigenvalue weighted by Crippen LogP contribution is 2.54. The van der Waals surface area contributed by atoms with Gasteiger partial charge in [0.1, 0.15) is 11.8 Å². The first-order valence-corrected chi connectivity index (χ1v) is 15.6. The molecule has 3 atom stereocenters. The van der Waals surface area contributed by atoms with E-state index in [1.165, 1.54) is 26.4 Å². The van der Waals surface area contributed by atoms with Crippen LogP contribution in [0.15, 0.2) is 76.6 Å². The molecule has 1 N–H and O–H groups in total. The van der Waals surface area contributed by atoms with Crippen LogP contribution < -0.4 is 24.6 Å². The zero-order valence-corrected chi connectivity index (χ0v) is 26.2. The quantitative estimate of drug-likeness (QED) is 0.252. The molecule has 9 nitrogen and oxygen atoms in total. The van der Waals surface area contributed by atoms with Crippen LogP contribution in [0.2, 0.25) is 0 Å². The molecule has 0 bridgehead atoms. The van der Waals surface area contributed by atoms with Gasteiger partial charge >= 0.3 is 11.0 Å². The van der Waals surface area contributed by atoms with Crippen LogP contribution in [-0.4, -0.2) is 41.8 Å². The molecule has 14 heteroatoms. The summed E-state index contributed by atoms with van der Waals surface area (Å²) in [6.45, 7) is 1.28. The average molecular weight is 670 g/mol. The van der Waals surface area contributed by atoms with Crippen molar-refractivity contribution in [2.45, 2.75) is 35.8 Å². The number of nitrogens with one attached hydrogen (secondary N) is 1. The fraction of sp³-hybridized carbons (Fsp3) is 0.250. The molecule has 0 spiro atoms. The number of thioether (sulfide) groups is 1. The third-order valence-electron chi connectivity index (χ3n) is 7.92. The molecule has 3 heterocycles. The molecule has 238 valence electrons. The van der Waals surface area contributed by atoms with Gasteiger partial charge in [0.2, 0.25) is 17.7 Å². The summed E-state index contributed by atoms with van der Waals surface area (Å²) < 4.78 is 52.7. The lowest BCUT2D eigenvalue weighted by Gasteiger charge is -2.31. The topological polar surface area (TPSA) is 107 Å². The molecule has 0 unspecified atom stereocenters. The molecule has 46 heavy (non-hydrogen) atoms. The number of nitrogens with zero attached hydrogens (tertiary/aromatic N) is 2. The van der Waals surface area contributed by atoms with Crippen LogP contribution in [0.4, 0.5) is 24.5 Å². The third-order valence-corrected chi connectivity index (χ3v) is 10.5. The number of alkyl halides is 3. The molecule has 0 radical (unpaired) electrons. The zero-order chi connectivity index (χ0) is 32.9. The van der Waals surface area contributed by atoms with Crippen LogP contribution in [0.5, 0.6) is 11.5 Å². The maximum atomic E-state index is 14.1. The summed E-state index contributed by atoms with van der Waals surface area (Å²) in [5, 5.41) is 1.62. The van der Waals surface area contributed by atoms with Gasteiger partial charge in [-0.05, 0) is 48.9 Å². The number of ether oxygens (including phenoxy) is 2. The van der Waals surface area contributed by atoms with Crippen molar-refractivity contribution in [3.05, 3.63) is 98.0 Å². The minimum Gasteiger partial charge on any atom is -0.493 e. The highest BCUT2D eigenvalue weighted by Gasteiger charge is 2.57. The number of carbonyl (C=O) groups is 3. The Morgan fingerprint density at radius 3 is 2.30 bits per heavy atom. The smallest absolute Gasteiger partial charge is 0.418 e. The SMILES string of the molecule is COc1ccc([C@@H]2c3sc(=O)n(CC(=O)Nc4ccccc4C(F)(F)F)c3S[C@H]3C(=O)N(c4ccc(C)cc4)C(=O)[C@@H]23)cc1OC. The molecule has 3 amide bonds. The Morgan fingerprint density at radius 2 is 1.63 bits per heavy atom. The second-order valence-corrected chi connectivity index (χ2v) is 12.8. The number of aryl methyl sites for hydroxylation is 1. The Hall–Kier alpha value is -4.56. The Labute approximate surface area is 268 Å². The lowest BCUT2D eigenvalue weighted by atomic mass is 9.83. The Kier molecular flexibility index (Phi) is 8.19. The molecular weight excluding hydrogens is 643 g/mol. The van der Waals surface area contributed by atoms with E-state index in [1.807, 2.05) is 6.92 Å². The number of thiazole rings is 1. The first kappa shape index (κ1) is 31.4. The third kappa shape index (κ3) is 5.45. The van der Waals surface area contributed by atoms with Gasteiger partial charge in [0, 0.05) is 10.8 Å². The summed E-state index contributed by atoms with van der Waals surface area (Å²) in [4.78, 5) is 55.6. The van der Waals surface area contributed by atoms with Crippen molar-refractivity contribution >= 4 is 52.2 Å². The van der Waals surface area contributed by atoms with E-state index in [0.717, 1.165) is 50.3 Å². The first-order valence-electron chi connectivity index (χ1n) is 14.0. The maximum Gasteiger partial charge on any atom is 0.418 e. The number of amides is 3. The number of imide groups is 1. The van der Waals surface area contributed by atoms with Crippen LogP contribution in [0.3, 0.4) is 0 Å². The lowest BCUT2D eigenvalue weighted by Crippen LogP contribution is -2.33. The first-order chi connectivity index (χ1) is 21.9. The molecule has 3 aromatic carbocycles. The number of rotatable bonds is 7. The van der Waals surface area contributed by atoms with E-state index >= 15 is 0 Å². The molecule has 4 aromatic rings. The standard InChI is InChI=1S/C32H26F3N3O6S2/c1-16-8-11-18(12-9-16)38-28(40)25-24(17-10-13-21(43-2)22(14-17)44-3)27-30(45-26(25)29(38)41)37(31(42)46-27)15-23(39)36-20-7-5-4-6-19(20)32(33,34)35/h4-14,24-26H,15H2,1-3H3,(H,36,39)/t24-,25-,26+/m0/s1. The Bertz CT molecular complexity index is 1920. The van der Waals surface area contributed by atoms with E-state index < -0.39 is 63.7 Å². The second-order valence-electron chi connectivity index (χ2n) is 10.7. The number of methoxy groups -OCH3 is 2. The summed E-state index contributed by atoms with van der Waals surface area (Å²) in [6.07, 6.45) is -4.71. The van der Waals surface area contributed by atoms with Crippen LogP contribution in [0, 0.1) is 12.8 Å². The van der Waals surface area contributed by atoms with Crippen molar-refractivity contribution < 1.29 is 37.0 Å².